The molecule has 0 unspecified atom stereocenters. The van der Waals surface area contributed by atoms with Crippen LogP contribution in [0.5, 0.6) is 0 Å². The van der Waals surface area contributed by atoms with Crippen LogP contribution in [0.4, 0.5) is 5.82 Å². The normalized spacial score (nSPS) is 11.2. The van der Waals surface area contributed by atoms with Crippen LogP contribution in [0.3, 0.4) is 0 Å². The average molecular weight is 346 g/mol. The highest BCUT2D eigenvalue weighted by molar-refractivity contribution is 5.66. The van der Waals surface area contributed by atoms with Crippen LogP contribution in [-0.2, 0) is 13.0 Å². The molecule has 0 bridgehead atoms. The molecule has 4 aromatic rings. The molecule has 0 amide bonds. The zero-order valence-electron chi connectivity index (χ0n) is 15.1. The van der Waals surface area contributed by atoms with Crippen molar-refractivity contribution < 1.29 is 0 Å². The molecule has 0 spiro atoms. The Morgan fingerprint density at radius 1 is 1.12 bits per heavy atom. The number of anilines is 1. The second kappa shape index (κ2) is 7.00. The SMILES string of the molecule is CCc1nccn1CCNc1cc(-c2ccccc2)nc2cc(C)nn12. The van der Waals surface area contributed by atoms with Gasteiger partial charge in [0.15, 0.2) is 5.65 Å². The third-order valence-electron chi connectivity index (χ3n) is 4.40. The van der Waals surface area contributed by atoms with Crippen LogP contribution < -0.4 is 5.32 Å². The van der Waals surface area contributed by atoms with Crippen molar-refractivity contribution in [1.82, 2.24) is 24.1 Å². The van der Waals surface area contributed by atoms with Gasteiger partial charge in [-0.25, -0.2) is 9.97 Å². The van der Waals surface area contributed by atoms with Gasteiger partial charge in [0, 0.05) is 49.6 Å². The molecule has 0 atom stereocenters. The minimum atomic E-state index is 0.787. The fraction of sp³-hybridized carbons (Fsp3) is 0.250. The van der Waals surface area contributed by atoms with Crippen LogP contribution in [0, 0.1) is 6.92 Å². The second-order valence-electron chi connectivity index (χ2n) is 6.27. The van der Waals surface area contributed by atoms with E-state index in [0.717, 1.165) is 53.8 Å². The fourth-order valence-corrected chi connectivity index (χ4v) is 3.13. The van der Waals surface area contributed by atoms with Crippen molar-refractivity contribution in [2.45, 2.75) is 26.8 Å². The summed E-state index contributed by atoms with van der Waals surface area (Å²) < 4.78 is 4.05. The zero-order valence-corrected chi connectivity index (χ0v) is 15.1. The van der Waals surface area contributed by atoms with Gasteiger partial charge in [-0.15, -0.1) is 0 Å². The van der Waals surface area contributed by atoms with E-state index in [1.807, 2.05) is 48.1 Å². The molecule has 0 aliphatic heterocycles. The van der Waals surface area contributed by atoms with Gasteiger partial charge in [0.05, 0.1) is 11.4 Å². The van der Waals surface area contributed by atoms with Crippen molar-refractivity contribution in [3.8, 4) is 11.3 Å². The van der Waals surface area contributed by atoms with Gasteiger partial charge in [0.1, 0.15) is 11.6 Å². The first-order chi connectivity index (χ1) is 12.7. The molecular weight excluding hydrogens is 324 g/mol. The Balaban J connectivity index is 1.62. The summed E-state index contributed by atoms with van der Waals surface area (Å²) in [5.41, 5.74) is 3.84. The molecule has 3 aromatic heterocycles. The Kier molecular flexibility index (Phi) is 4.39. The van der Waals surface area contributed by atoms with E-state index in [2.05, 4.69) is 45.1 Å². The van der Waals surface area contributed by atoms with Gasteiger partial charge < -0.3 is 9.88 Å². The van der Waals surface area contributed by atoms with Crippen LogP contribution in [-0.4, -0.2) is 30.7 Å². The summed E-state index contributed by atoms with van der Waals surface area (Å²) in [6.07, 6.45) is 4.81. The topological polar surface area (TPSA) is 60.0 Å². The zero-order chi connectivity index (χ0) is 17.9. The maximum absolute atomic E-state index is 4.76. The number of aromatic nitrogens is 5. The molecule has 26 heavy (non-hydrogen) atoms. The quantitative estimate of drug-likeness (QED) is 0.580. The molecule has 3 heterocycles. The van der Waals surface area contributed by atoms with E-state index in [1.54, 1.807) is 0 Å². The molecule has 0 radical (unpaired) electrons. The number of hydrogen-bond acceptors (Lipinski definition) is 4. The lowest BCUT2D eigenvalue weighted by Gasteiger charge is -2.12. The molecule has 0 aliphatic rings. The first-order valence-electron chi connectivity index (χ1n) is 8.91. The van der Waals surface area contributed by atoms with Gasteiger partial charge in [-0.05, 0) is 6.92 Å². The molecule has 0 saturated heterocycles. The third-order valence-corrected chi connectivity index (χ3v) is 4.40. The number of hydrogen-bond donors (Lipinski definition) is 1. The van der Waals surface area contributed by atoms with Gasteiger partial charge in [0.2, 0.25) is 0 Å². The van der Waals surface area contributed by atoms with E-state index in [1.165, 1.54) is 0 Å². The van der Waals surface area contributed by atoms with Crippen molar-refractivity contribution in [2.75, 3.05) is 11.9 Å². The van der Waals surface area contributed by atoms with Crippen molar-refractivity contribution >= 4 is 11.5 Å². The molecule has 6 nitrogen and oxygen atoms in total. The number of rotatable bonds is 6. The van der Waals surface area contributed by atoms with Crippen molar-refractivity contribution in [3.63, 3.8) is 0 Å². The van der Waals surface area contributed by atoms with E-state index in [0.29, 0.717) is 0 Å². The van der Waals surface area contributed by atoms with E-state index in [9.17, 15) is 0 Å². The first-order valence-corrected chi connectivity index (χ1v) is 8.91. The van der Waals surface area contributed by atoms with E-state index in [-0.39, 0.29) is 0 Å². The van der Waals surface area contributed by atoms with Gasteiger partial charge in [-0.2, -0.15) is 9.61 Å². The van der Waals surface area contributed by atoms with Crippen molar-refractivity contribution in [3.05, 3.63) is 66.4 Å². The highest BCUT2D eigenvalue weighted by Gasteiger charge is 2.09. The summed E-state index contributed by atoms with van der Waals surface area (Å²) in [4.78, 5) is 9.13. The molecule has 0 aliphatic carbocycles. The molecule has 1 aromatic carbocycles. The van der Waals surface area contributed by atoms with Crippen LogP contribution >= 0.6 is 0 Å². The summed E-state index contributed by atoms with van der Waals surface area (Å²) in [5.74, 6) is 2.05. The third kappa shape index (κ3) is 3.18. The van der Waals surface area contributed by atoms with E-state index in [4.69, 9.17) is 4.98 Å². The standard InChI is InChI=1S/C20H22N6/c1-3-18-21-9-11-25(18)12-10-22-19-14-17(16-7-5-4-6-8-16)23-20-13-15(2)24-26(19)20/h4-9,11,13-14,22H,3,10,12H2,1-2H3. The van der Waals surface area contributed by atoms with Crippen LogP contribution in [0.2, 0.25) is 0 Å². The van der Waals surface area contributed by atoms with Crippen LogP contribution in [0.15, 0.2) is 54.9 Å². The summed E-state index contributed by atoms with van der Waals surface area (Å²) in [7, 11) is 0. The number of nitrogens with one attached hydrogen (secondary N) is 1. The summed E-state index contributed by atoms with van der Waals surface area (Å²) in [6.45, 7) is 5.75. The maximum atomic E-state index is 4.76. The molecule has 1 N–H and O–H groups in total. The lowest BCUT2D eigenvalue weighted by Crippen LogP contribution is -2.14. The molecule has 4 rings (SSSR count). The molecule has 0 fully saturated rings. The average Bonchev–Trinajstić information content (AvgIpc) is 3.27. The summed E-state index contributed by atoms with van der Waals surface area (Å²) in [5, 5.41) is 8.08. The number of nitrogens with zero attached hydrogens (tertiary/aromatic N) is 5. The van der Waals surface area contributed by atoms with Crippen molar-refractivity contribution in [2.24, 2.45) is 0 Å². The van der Waals surface area contributed by atoms with Crippen LogP contribution in [0.25, 0.3) is 16.9 Å². The number of fused-ring (bicyclic) bond motifs is 1. The highest BCUT2D eigenvalue weighted by Crippen LogP contribution is 2.22. The smallest absolute Gasteiger partial charge is 0.158 e. The van der Waals surface area contributed by atoms with E-state index >= 15 is 0 Å². The van der Waals surface area contributed by atoms with Gasteiger partial charge in [-0.3, -0.25) is 0 Å². The van der Waals surface area contributed by atoms with Crippen LogP contribution in [0.1, 0.15) is 18.4 Å². The highest BCUT2D eigenvalue weighted by atomic mass is 15.3. The monoisotopic (exact) mass is 346 g/mol. The molecule has 0 saturated carbocycles. The predicted molar refractivity (Wildman–Crippen MR) is 103 cm³/mol. The molecule has 6 heteroatoms. The Morgan fingerprint density at radius 2 is 1.96 bits per heavy atom. The molecule has 132 valence electrons. The second-order valence-corrected chi connectivity index (χ2v) is 6.27. The lowest BCUT2D eigenvalue weighted by molar-refractivity contribution is 0.678. The number of benzene rings is 1. The number of imidazole rings is 1. The molecular formula is C20H22N6. The summed E-state index contributed by atoms with van der Waals surface area (Å²) in [6, 6.07) is 14.3. The Hall–Kier alpha value is -3.15. The summed E-state index contributed by atoms with van der Waals surface area (Å²) >= 11 is 0. The minimum absolute atomic E-state index is 0.787. The lowest BCUT2D eigenvalue weighted by atomic mass is 10.1. The largest absolute Gasteiger partial charge is 0.368 e. The fourth-order valence-electron chi connectivity index (χ4n) is 3.13. The van der Waals surface area contributed by atoms with E-state index < -0.39 is 0 Å². The Labute approximate surface area is 152 Å². The van der Waals surface area contributed by atoms with Gasteiger partial charge >= 0.3 is 0 Å². The minimum Gasteiger partial charge on any atom is -0.368 e. The Bertz CT molecular complexity index is 1020. The van der Waals surface area contributed by atoms with Crippen molar-refractivity contribution in [1.29, 1.82) is 0 Å². The maximum Gasteiger partial charge on any atom is 0.158 e. The van der Waals surface area contributed by atoms with Gasteiger partial charge in [-0.1, -0.05) is 37.3 Å². The first kappa shape index (κ1) is 16.3. The van der Waals surface area contributed by atoms with Gasteiger partial charge in [0.25, 0.3) is 0 Å². The number of aryl methyl sites for hydroxylation is 2. The Morgan fingerprint density at radius 3 is 2.77 bits per heavy atom. The predicted octanol–water partition coefficient (Wildman–Crippen LogP) is 3.58.